The van der Waals surface area contributed by atoms with Crippen LogP contribution in [0.2, 0.25) is 0 Å². The highest BCUT2D eigenvalue weighted by molar-refractivity contribution is 5.78. The fraction of sp³-hybridized carbons (Fsp3) is 0.833. The van der Waals surface area contributed by atoms with Gasteiger partial charge in [0.25, 0.3) is 0 Å². The van der Waals surface area contributed by atoms with Crippen molar-refractivity contribution >= 4 is 5.97 Å². The molecular formula is C6H8O6. The van der Waals surface area contributed by atoms with E-state index in [1.54, 1.807) is 0 Å². The Bertz CT molecular complexity index is 216. The normalized spacial score (nSPS) is 52.2. The van der Waals surface area contributed by atoms with Crippen LogP contribution in [0.4, 0.5) is 0 Å². The number of carbonyl (C=O) groups excluding carboxylic acids is 1. The van der Waals surface area contributed by atoms with E-state index in [0.717, 1.165) is 0 Å². The average Bonchev–Trinajstić information content (AvgIpc) is 2.43. The summed E-state index contributed by atoms with van der Waals surface area (Å²) in [5, 5.41) is 27.2. The van der Waals surface area contributed by atoms with Crippen molar-refractivity contribution in [1.29, 1.82) is 0 Å². The molecule has 2 rings (SSSR count). The third-order valence-electron chi connectivity index (χ3n) is 2.05. The monoisotopic (exact) mass is 176 g/mol. The summed E-state index contributed by atoms with van der Waals surface area (Å²) >= 11 is 0. The maximum Gasteiger partial charge on any atom is 0.338 e. The predicted molar refractivity (Wildman–Crippen MR) is 32.8 cm³/mol. The molecule has 0 radical (unpaired) electrons. The highest BCUT2D eigenvalue weighted by atomic mass is 16.7. The van der Waals surface area contributed by atoms with E-state index in [4.69, 9.17) is 15.3 Å². The number of rotatable bonds is 0. The van der Waals surface area contributed by atoms with Crippen molar-refractivity contribution in [3.05, 3.63) is 0 Å². The molecule has 0 amide bonds. The topological polar surface area (TPSA) is 96.2 Å². The Labute approximate surface area is 67.3 Å². The van der Waals surface area contributed by atoms with E-state index in [0.29, 0.717) is 0 Å². The van der Waals surface area contributed by atoms with Crippen molar-refractivity contribution in [3.63, 3.8) is 0 Å². The van der Waals surface area contributed by atoms with E-state index < -0.39 is 36.7 Å². The molecule has 3 N–H and O–H groups in total. The molecule has 0 bridgehead atoms. The van der Waals surface area contributed by atoms with Gasteiger partial charge in [-0.05, 0) is 0 Å². The average molecular weight is 176 g/mol. The lowest BCUT2D eigenvalue weighted by molar-refractivity contribution is -0.168. The number of hydrogen-bond donors (Lipinski definition) is 3. The number of aliphatic hydroxyl groups excluding tert-OH is 3. The summed E-state index contributed by atoms with van der Waals surface area (Å²) in [6.45, 7) is 0. The minimum atomic E-state index is -1.40. The Hall–Kier alpha value is -0.690. The van der Waals surface area contributed by atoms with E-state index in [1.165, 1.54) is 0 Å². The van der Waals surface area contributed by atoms with Crippen LogP contribution in [-0.2, 0) is 14.3 Å². The van der Waals surface area contributed by atoms with Gasteiger partial charge >= 0.3 is 5.97 Å². The number of fused-ring (bicyclic) bond motifs is 1. The quantitative estimate of drug-likeness (QED) is 0.349. The molecule has 2 aliphatic rings. The largest absolute Gasteiger partial charge is 0.454 e. The maximum atomic E-state index is 10.7. The molecule has 2 heterocycles. The molecule has 0 aliphatic carbocycles. The van der Waals surface area contributed by atoms with Crippen LogP contribution in [0.15, 0.2) is 0 Å². The van der Waals surface area contributed by atoms with Gasteiger partial charge < -0.3 is 24.8 Å². The van der Waals surface area contributed by atoms with Crippen LogP contribution < -0.4 is 0 Å². The first kappa shape index (κ1) is 7.93. The molecule has 0 saturated carbocycles. The molecule has 2 aliphatic heterocycles. The van der Waals surface area contributed by atoms with Crippen LogP contribution in [0.5, 0.6) is 0 Å². The van der Waals surface area contributed by atoms with Gasteiger partial charge in [-0.3, -0.25) is 0 Å². The minimum absolute atomic E-state index is 0.823. The van der Waals surface area contributed by atoms with Gasteiger partial charge in [0, 0.05) is 0 Å². The van der Waals surface area contributed by atoms with Gasteiger partial charge in [-0.1, -0.05) is 0 Å². The number of aliphatic hydroxyl groups is 3. The Balaban J connectivity index is 2.19. The van der Waals surface area contributed by atoms with Gasteiger partial charge in [0.1, 0.15) is 12.2 Å². The highest BCUT2D eigenvalue weighted by Gasteiger charge is 2.56. The van der Waals surface area contributed by atoms with Crippen LogP contribution in [0, 0.1) is 0 Å². The zero-order chi connectivity index (χ0) is 8.88. The van der Waals surface area contributed by atoms with Crippen molar-refractivity contribution in [3.8, 4) is 0 Å². The standard InChI is InChI=1S/C6H8O6/c7-1-3-4(12-5(1)9)2(8)6(10)11-3/h1-5,7-9H/t1?,2?,3?,4-,5?/m0/s1. The summed E-state index contributed by atoms with van der Waals surface area (Å²) in [5.74, 6) is -0.823. The highest BCUT2D eigenvalue weighted by Crippen LogP contribution is 2.30. The fourth-order valence-electron chi connectivity index (χ4n) is 1.40. The van der Waals surface area contributed by atoms with E-state index >= 15 is 0 Å². The molecule has 0 spiro atoms. The van der Waals surface area contributed by atoms with E-state index in [9.17, 15) is 4.79 Å². The summed E-state index contributed by atoms with van der Waals surface area (Å²) in [4.78, 5) is 10.7. The molecule has 0 aromatic heterocycles. The predicted octanol–water partition coefficient (Wildman–Crippen LogP) is -2.65. The first-order chi connectivity index (χ1) is 5.61. The van der Waals surface area contributed by atoms with Crippen molar-refractivity contribution in [2.75, 3.05) is 0 Å². The minimum Gasteiger partial charge on any atom is -0.454 e. The fourth-order valence-corrected chi connectivity index (χ4v) is 1.40. The lowest BCUT2D eigenvalue weighted by Gasteiger charge is -2.10. The summed E-state index contributed by atoms with van der Waals surface area (Å²) in [7, 11) is 0. The van der Waals surface area contributed by atoms with Gasteiger partial charge in [-0.25, -0.2) is 4.79 Å². The number of hydrogen-bond acceptors (Lipinski definition) is 6. The molecule has 12 heavy (non-hydrogen) atoms. The van der Waals surface area contributed by atoms with Crippen molar-refractivity contribution in [2.24, 2.45) is 0 Å². The zero-order valence-electron chi connectivity index (χ0n) is 5.95. The second-order valence-corrected chi connectivity index (χ2v) is 2.83. The zero-order valence-corrected chi connectivity index (χ0v) is 5.95. The van der Waals surface area contributed by atoms with Crippen LogP contribution >= 0.6 is 0 Å². The van der Waals surface area contributed by atoms with Gasteiger partial charge in [0.2, 0.25) is 0 Å². The molecule has 5 atom stereocenters. The van der Waals surface area contributed by atoms with Crippen LogP contribution in [0.1, 0.15) is 0 Å². The molecule has 2 saturated heterocycles. The molecular weight excluding hydrogens is 168 g/mol. The number of esters is 1. The van der Waals surface area contributed by atoms with Crippen LogP contribution in [0.3, 0.4) is 0 Å². The van der Waals surface area contributed by atoms with E-state index in [2.05, 4.69) is 9.47 Å². The Kier molecular flexibility index (Phi) is 1.58. The smallest absolute Gasteiger partial charge is 0.338 e. The Morgan fingerprint density at radius 1 is 1.17 bits per heavy atom. The van der Waals surface area contributed by atoms with E-state index in [1.807, 2.05) is 0 Å². The molecule has 2 fully saturated rings. The molecule has 6 heteroatoms. The van der Waals surface area contributed by atoms with Crippen molar-refractivity contribution in [1.82, 2.24) is 0 Å². The first-order valence-electron chi connectivity index (χ1n) is 3.51. The lowest BCUT2D eigenvalue weighted by Crippen LogP contribution is -2.32. The van der Waals surface area contributed by atoms with Gasteiger partial charge in [-0.2, -0.15) is 0 Å². The molecule has 0 aromatic carbocycles. The SMILES string of the molecule is O=C1OC2C(O)C(O)O[C@H]2C1O. The molecule has 0 aromatic rings. The number of ether oxygens (including phenoxy) is 2. The van der Waals surface area contributed by atoms with Crippen molar-refractivity contribution < 1.29 is 29.6 Å². The maximum absolute atomic E-state index is 10.7. The summed E-state index contributed by atoms with van der Waals surface area (Å²) < 4.78 is 9.25. The molecule has 4 unspecified atom stereocenters. The Morgan fingerprint density at radius 2 is 1.83 bits per heavy atom. The lowest BCUT2D eigenvalue weighted by atomic mass is 10.1. The second kappa shape index (κ2) is 2.40. The number of carbonyl (C=O) groups is 1. The summed E-state index contributed by atoms with van der Waals surface area (Å²) in [5.41, 5.74) is 0. The van der Waals surface area contributed by atoms with Crippen molar-refractivity contribution in [2.45, 2.75) is 30.7 Å². The third kappa shape index (κ3) is 0.862. The second-order valence-electron chi connectivity index (χ2n) is 2.83. The summed E-state index contributed by atoms with van der Waals surface area (Å²) in [6.07, 6.45) is -5.94. The van der Waals surface area contributed by atoms with Gasteiger partial charge in [-0.15, -0.1) is 0 Å². The van der Waals surface area contributed by atoms with Crippen LogP contribution in [-0.4, -0.2) is 52.0 Å². The van der Waals surface area contributed by atoms with Gasteiger partial charge in [0.15, 0.2) is 18.5 Å². The molecule has 68 valence electrons. The Morgan fingerprint density at radius 3 is 2.42 bits per heavy atom. The molecule has 6 nitrogen and oxygen atoms in total. The van der Waals surface area contributed by atoms with E-state index in [-0.39, 0.29) is 0 Å². The van der Waals surface area contributed by atoms with Crippen LogP contribution in [0.25, 0.3) is 0 Å². The van der Waals surface area contributed by atoms with Gasteiger partial charge in [0.05, 0.1) is 0 Å². The summed E-state index contributed by atoms with van der Waals surface area (Å²) in [6, 6.07) is 0. The first-order valence-corrected chi connectivity index (χ1v) is 3.51. The third-order valence-corrected chi connectivity index (χ3v) is 2.05.